The number of carbonyl (C=O) groups is 1. The monoisotopic (exact) mass is 316 g/mol. The number of imidazole rings is 1. The third-order valence-electron chi connectivity index (χ3n) is 3.23. The number of hydrogen-bond acceptors (Lipinski definition) is 3. The van der Waals surface area contributed by atoms with Crippen molar-refractivity contribution in [3.05, 3.63) is 65.1 Å². The van der Waals surface area contributed by atoms with Crippen LogP contribution >= 0.6 is 11.6 Å². The van der Waals surface area contributed by atoms with Crippen molar-refractivity contribution in [2.24, 2.45) is 0 Å². The zero-order valence-corrected chi connectivity index (χ0v) is 12.3. The largest absolute Gasteiger partial charge is 0.488 e. The summed E-state index contributed by atoms with van der Waals surface area (Å²) in [7, 11) is 0. The lowest BCUT2D eigenvalue weighted by molar-refractivity contribution is -0.136. The Hall–Kier alpha value is -2.53. The molecule has 2 heterocycles. The highest BCUT2D eigenvalue weighted by atomic mass is 35.5. The zero-order valence-electron chi connectivity index (χ0n) is 11.6. The molecule has 2 aromatic heterocycles. The second-order valence-electron chi connectivity index (χ2n) is 4.81. The van der Waals surface area contributed by atoms with E-state index < -0.39 is 5.97 Å². The van der Waals surface area contributed by atoms with Crippen molar-refractivity contribution in [2.75, 3.05) is 0 Å². The molecule has 3 aromatic rings. The summed E-state index contributed by atoms with van der Waals surface area (Å²) in [5.41, 5.74) is 2.24. The first-order chi connectivity index (χ1) is 10.6. The van der Waals surface area contributed by atoms with E-state index in [1.807, 2.05) is 16.7 Å². The van der Waals surface area contributed by atoms with Crippen molar-refractivity contribution in [2.45, 2.75) is 13.0 Å². The van der Waals surface area contributed by atoms with Crippen molar-refractivity contribution >= 4 is 23.2 Å². The Kier molecular flexibility index (Phi) is 3.98. The maximum Gasteiger partial charge on any atom is 0.307 e. The van der Waals surface area contributed by atoms with Crippen molar-refractivity contribution in [1.82, 2.24) is 9.38 Å². The average Bonchev–Trinajstić information content (AvgIpc) is 2.93. The van der Waals surface area contributed by atoms with E-state index in [4.69, 9.17) is 21.4 Å². The summed E-state index contributed by atoms with van der Waals surface area (Å²) < 4.78 is 7.60. The number of carboxylic acids is 1. The number of hydrogen-bond donors (Lipinski definition) is 1. The third-order valence-corrected chi connectivity index (χ3v) is 3.43. The van der Waals surface area contributed by atoms with E-state index >= 15 is 0 Å². The summed E-state index contributed by atoms with van der Waals surface area (Å²) >= 11 is 6.08. The number of para-hydroxylation sites is 1. The smallest absolute Gasteiger partial charge is 0.307 e. The van der Waals surface area contributed by atoms with Crippen LogP contribution in [0, 0.1) is 0 Å². The fourth-order valence-electron chi connectivity index (χ4n) is 2.28. The highest BCUT2D eigenvalue weighted by Crippen LogP contribution is 2.22. The van der Waals surface area contributed by atoms with E-state index in [1.165, 1.54) is 0 Å². The number of aliphatic carboxylic acids is 1. The van der Waals surface area contributed by atoms with Gasteiger partial charge in [-0.25, -0.2) is 4.98 Å². The van der Waals surface area contributed by atoms with Gasteiger partial charge in [0.05, 0.1) is 11.4 Å². The molecule has 3 rings (SSSR count). The number of rotatable bonds is 5. The Labute approximate surface area is 131 Å². The minimum atomic E-state index is -0.894. The van der Waals surface area contributed by atoms with Gasteiger partial charge in [0, 0.05) is 29.7 Å². The minimum absolute atomic E-state index is 0.0789. The molecule has 0 fully saturated rings. The normalized spacial score (nSPS) is 10.8. The SMILES string of the molecule is O=C(O)Cc1ccccc1OCc1cc(Cl)cn2ccnc12. The van der Waals surface area contributed by atoms with E-state index in [1.54, 1.807) is 36.7 Å². The van der Waals surface area contributed by atoms with Crippen LogP contribution in [-0.2, 0) is 17.8 Å². The molecule has 1 aromatic carbocycles. The number of carboxylic acid groups (broad SMARTS) is 1. The lowest BCUT2D eigenvalue weighted by Crippen LogP contribution is -2.05. The summed E-state index contributed by atoms with van der Waals surface area (Å²) in [6.07, 6.45) is 5.19. The summed E-state index contributed by atoms with van der Waals surface area (Å²) in [6.45, 7) is 0.262. The van der Waals surface area contributed by atoms with Gasteiger partial charge in [0.1, 0.15) is 18.0 Å². The number of nitrogens with zero attached hydrogens (tertiary/aromatic N) is 2. The molecule has 5 nitrogen and oxygen atoms in total. The topological polar surface area (TPSA) is 63.8 Å². The standard InChI is InChI=1S/C16H13ClN2O3/c17-13-7-12(16-18-5-6-19(16)9-13)10-22-14-4-2-1-3-11(14)8-15(20)21/h1-7,9H,8,10H2,(H,20,21). The lowest BCUT2D eigenvalue weighted by atomic mass is 10.1. The van der Waals surface area contributed by atoms with E-state index in [2.05, 4.69) is 4.98 Å². The van der Waals surface area contributed by atoms with Gasteiger partial charge in [-0.2, -0.15) is 0 Å². The van der Waals surface area contributed by atoms with Gasteiger partial charge in [-0.3, -0.25) is 4.79 Å². The van der Waals surface area contributed by atoms with Crippen LogP contribution < -0.4 is 4.74 Å². The summed E-state index contributed by atoms with van der Waals surface area (Å²) in [4.78, 5) is 15.2. The van der Waals surface area contributed by atoms with Gasteiger partial charge in [-0.1, -0.05) is 29.8 Å². The fourth-order valence-corrected chi connectivity index (χ4v) is 2.52. The number of fused-ring (bicyclic) bond motifs is 1. The van der Waals surface area contributed by atoms with Crippen LogP contribution in [0.5, 0.6) is 5.75 Å². The maximum atomic E-state index is 10.9. The zero-order chi connectivity index (χ0) is 15.5. The van der Waals surface area contributed by atoms with Gasteiger partial charge in [0.15, 0.2) is 0 Å². The molecule has 0 spiro atoms. The van der Waals surface area contributed by atoms with Crippen LogP contribution in [-0.4, -0.2) is 20.5 Å². The predicted octanol–water partition coefficient (Wildman–Crippen LogP) is 3.19. The first-order valence-electron chi connectivity index (χ1n) is 6.67. The van der Waals surface area contributed by atoms with Crippen LogP contribution in [0.25, 0.3) is 5.65 Å². The predicted molar refractivity (Wildman–Crippen MR) is 82.3 cm³/mol. The summed E-state index contributed by atoms with van der Waals surface area (Å²) in [5.74, 6) is -0.343. The Bertz CT molecular complexity index is 829. The van der Waals surface area contributed by atoms with Gasteiger partial charge >= 0.3 is 5.97 Å². The van der Waals surface area contributed by atoms with Crippen molar-refractivity contribution < 1.29 is 14.6 Å². The average molecular weight is 317 g/mol. The number of halogens is 1. The van der Waals surface area contributed by atoms with Gasteiger partial charge in [0.2, 0.25) is 0 Å². The molecule has 112 valence electrons. The molecule has 6 heteroatoms. The molecule has 0 aliphatic heterocycles. The molecular weight excluding hydrogens is 304 g/mol. The van der Waals surface area contributed by atoms with Crippen molar-refractivity contribution in [3.63, 3.8) is 0 Å². The second-order valence-corrected chi connectivity index (χ2v) is 5.25. The van der Waals surface area contributed by atoms with Gasteiger partial charge in [-0.05, 0) is 12.1 Å². The summed E-state index contributed by atoms with van der Waals surface area (Å²) in [5, 5.41) is 9.53. The van der Waals surface area contributed by atoms with Crippen molar-refractivity contribution in [1.29, 1.82) is 0 Å². The first-order valence-corrected chi connectivity index (χ1v) is 7.05. The van der Waals surface area contributed by atoms with E-state index in [9.17, 15) is 4.79 Å². The second kappa shape index (κ2) is 6.07. The number of pyridine rings is 1. The maximum absolute atomic E-state index is 10.9. The molecule has 0 aliphatic rings. The fraction of sp³-hybridized carbons (Fsp3) is 0.125. The highest BCUT2D eigenvalue weighted by molar-refractivity contribution is 6.30. The Morgan fingerprint density at radius 2 is 2.14 bits per heavy atom. The molecule has 0 bridgehead atoms. The molecule has 0 radical (unpaired) electrons. The lowest BCUT2D eigenvalue weighted by Gasteiger charge is -2.11. The van der Waals surface area contributed by atoms with Gasteiger partial charge in [-0.15, -0.1) is 0 Å². The van der Waals surface area contributed by atoms with Crippen LogP contribution in [0.15, 0.2) is 48.9 Å². The Morgan fingerprint density at radius 1 is 1.32 bits per heavy atom. The van der Waals surface area contributed by atoms with Crippen LogP contribution in [0.2, 0.25) is 5.02 Å². The van der Waals surface area contributed by atoms with Crippen molar-refractivity contribution in [3.8, 4) is 5.75 Å². The molecule has 0 atom stereocenters. The number of ether oxygens (including phenoxy) is 1. The third kappa shape index (κ3) is 3.04. The van der Waals surface area contributed by atoms with Gasteiger partial charge < -0.3 is 14.2 Å². The first kappa shape index (κ1) is 14.4. The quantitative estimate of drug-likeness (QED) is 0.785. The Morgan fingerprint density at radius 3 is 2.95 bits per heavy atom. The molecule has 0 amide bonds. The summed E-state index contributed by atoms with van der Waals surface area (Å²) in [6, 6.07) is 8.89. The molecule has 0 aliphatic carbocycles. The highest BCUT2D eigenvalue weighted by Gasteiger charge is 2.10. The Balaban J connectivity index is 1.85. The molecule has 0 unspecified atom stereocenters. The van der Waals surface area contributed by atoms with E-state index in [0.717, 1.165) is 11.2 Å². The van der Waals surface area contributed by atoms with E-state index in [-0.39, 0.29) is 13.0 Å². The van der Waals surface area contributed by atoms with Gasteiger partial charge in [0.25, 0.3) is 0 Å². The molecular formula is C16H13ClN2O3. The van der Waals surface area contributed by atoms with Crippen LogP contribution in [0.1, 0.15) is 11.1 Å². The van der Waals surface area contributed by atoms with Crippen LogP contribution in [0.4, 0.5) is 0 Å². The van der Waals surface area contributed by atoms with E-state index in [0.29, 0.717) is 16.3 Å². The number of aromatic nitrogens is 2. The number of benzene rings is 1. The molecule has 22 heavy (non-hydrogen) atoms. The molecule has 0 saturated heterocycles. The minimum Gasteiger partial charge on any atom is -0.488 e. The van der Waals surface area contributed by atoms with Crippen LogP contribution in [0.3, 0.4) is 0 Å². The molecule has 1 N–H and O–H groups in total. The molecule has 0 saturated carbocycles.